The van der Waals surface area contributed by atoms with Gasteiger partial charge in [0.05, 0.1) is 0 Å². The highest BCUT2D eigenvalue weighted by Gasteiger charge is 2.19. The smallest absolute Gasteiger partial charge is 0.407 e. The second-order valence-electron chi connectivity index (χ2n) is 5.82. The zero-order valence-electron chi connectivity index (χ0n) is 11.7. The highest BCUT2D eigenvalue weighted by molar-refractivity contribution is 5.67. The Bertz CT molecular complexity index is 266. The normalized spacial score (nSPS) is 21.7. The topological polar surface area (TPSA) is 41.6 Å². The molecule has 1 aliphatic rings. The number of rotatable bonds is 4. The third-order valence-corrected chi connectivity index (χ3v) is 2.77. The first-order chi connectivity index (χ1) is 8.37. The summed E-state index contributed by atoms with van der Waals surface area (Å²) in [5.41, 5.74) is -0.460. The van der Waals surface area contributed by atoms with E-state index < -0.39 is 11.8 Å². The molecular weight excluding hydrogens is 235 g/mol. The van der Waals surface area contributed by atoms with Gasteiger partial charge in [-0.3, -0.25) is 0 Å². The van der Waals surface area contributed by atoms with Crippen LogP contribution in [0.2, 0.25) is 0 Å². The molecule has 1 fully saturated rings. The molecule has 0 bridgehead atoms. The Kier molecular flexibility index (Phi) is 5.85. The number of alkyl carbamates (subject to hydrolysis) is 1. The Morgan fingerprint density at radius 1 is 1.50 bits per heavy atom. The van der Waals surface area contributed by atoms with Crippen molar-refractivity contribution in [2.24, 2.45) is 0 Å². The van der Waals surface area contributed by atoms with E-state index in [9.17, 15) is 9.18 Å². The second kappa shape index (κ2) is 6.92. The number of halogens is 1. The molecule has 18 heavy (non-hydrogen) atoms. The van der Waals surface area contributed by atoms with Crippen LogP contribution in [0.4, 0.5) is 9.18 Å². The monoisotopic (exact) mass is 260 g/mol. The quantitative estimate of drug-likeness (QED) is 0.789. The van der Waals surface area contributed by atoms with Gasteiger partial charge in [-0.15, -0.1) is 0 Å². The van der Waals surface area contributed by atoms with E-state index in [-0.39, 0.29) is 6.09 Å². The molecule has 0 aliphatic carbocycles. The Labute approximate surface area is 109 Å². The molecule has 1 saturated heterocycles. The Hall–Kier alpha value is -0.840. The number of hydrogen-bond donors (Lipinski definition) is 1. The lowest BCUT2D eigenvalue weighted by Crippen LogP contribution is -2.38. The molecule has 106 valence electrons. The molecular formula is C13H25FN2O2. The lowest BCUT2D eigenvalue weighted by atomic mass is 10.1. The van der Waals surface area contributed by atoms with Crippen LogP contribution in [0.3, 0.4) is 0 Å². The lowest BCUT2D eigenvalue weighted by Gasteiger charge is -2.28. The van der Waals surface area contributed by atoms with Crippen LogP contribution >= 0.6 is 0 Å². The van der Waals surface area contributed by atoms with Crippen LogP contribution in [0.25, 0.3) is 0 Å². The van der Waals surface area contributed by atoms with Crippen LogP contribution in [0.5, 0.6) is 0 Å². The third kappa shape index (κ3) is 6.79. The van der Waals surface area contributed by atoms with Gasteiger partial charge >= 0.3 is 6.09 Å². The van der Waals surface area contributed by atoms with Crippen molar-refractivity contribution in [3.8, 4) is 0 Å². The van der Waals surface area contributed by atoms with E-state index >= 15 is 0 Å². The maximum absolute atomic E-state index is 13.1. The first-order valence-electron chi connectivity index (χ1n) is 6.70. The maximum atomic E-state index is 13.1. The third-order valence-electron chi connectivity index (χ3n) is 2.77. The lowest BCUT2D eigenvalue weighted by molar-refractivity contribution is 0.0523. The minimum absolute atomic E-state index is 0.385. The summed E-state index contributed by atoms with van der Waals surface area (Å²) in [6.07, 6.45) is 1.38. The molecule has 1 aliphatic heterocycles. The van der Waals surface area contributed by atoms with Crippen LogP contribution in [0.1, 0.15) is 40.0 Å². The van der Waals surface area contributed by atoms with E-state index in [1.165, 1.54) is 0 Å². The first-order valence-corrected chi connectivity index (χ1v) is 6.70. The summed E-state index contributed by atoms with van der Waals surface area (Å²) >= 11 is 0. The number of nitrogens with zero attached hydrogens (tertiary/aromatic N) is 1. The average Bonchev–Trinajstić information content (AvgIpc) is 2.22. The van der Waals surface area contributed by atoms with E-state index in [0.717, 1.165) is 25.9 Å². The van der Waals surface area contributed by atoms with Crippen molar-refractivity contribution in [2.45, 2.75) is 51.8 Å². The fraction of sp³-hybridized carbons (Fsp3) is 0.923. The highest BCUT2D eigenvalue weighted by Crippen LogP contribution is 2.12. The molecule has 1 rings (SSSR count). The molecule has 1 amide bonds. The van der Waals surface area contributed by atoms with E-state index in [4.69, 9.17) is 4.74 Å². The minimum Gasteiger partial charge on any atom is -0.444 e. The van der Waals surface area contributed by atoms with Gasteiger partial charge in [-0.25, -0.2) is 9.18 Å². The van der Waals surface area contributed by atoms with E-state index in [1.54, 1.807) is 0 Å². The average molecular weight is 260 g/mol. The fourth-order valence-corrected chi connectivity index (χ4v) is 2.01. The maximum Gasteiger partial charge on any atom is 0.407 e. The number of carbonyl (C=O) groups is 1. The number of nitrogens with one attached hydrogen (secondary N) is 1. The predicted octanol–water partition coefficient (Wildman–Crippen LogP) is 2.34. The zero-order valence-corrected chi connectivity index (χ0v) is 11.7. The van der Waals surface area contributed by atoms with Crippen molar-refractivity contribution in [2.75, 3.05) is 26.2 Å². The Morgan fingerprint density at radius 2 is 2.22 bits per heavy atom. The molecule has 0 spiro atoms. The molecule has 0 radical (unpaired) electrons. The van der Waals surface area contributed by atoms with Crippen LogP contribution in [-0.2, 0) is 4.74 Å². The fourth-order valence-electron chi connectivity index (χ4n) is 2.01. The van der Waals surface area contributed by atoms with Gasteiger partial charge in [-0.2, -0.15) is 0 Å². The number of likely N-dealkylation sites (tertiary alicyclic amines) is 1. The molecule has 1 N–H and O–H groups in total. The summed E-state index contributed by atoms with van der Waals surface area (Å²) in [6.45, 7) is 8.41. The van der Waals surface area contributed by atoms with Crippen molar-refractivity contribution in [3.05, 3.63) is 0 Å². The summed E-state index contributed by atoms with van der Waals surface area (Å²) < 4.78 is 18.2. The van der Waals surface area contributed by atoms with Gasteiger partial charge in [0.25, 0.3) is 0 Å². The molecule has 0 aromatic heterocycles. The van der Waals surface area contributed by atoms with Crippen molar-refractivity contribution in [3.63, 3.8) is 0 Å². The first kappa shape index (κ1) is 15.2. The Morgan fingerprint density at radius 3 is 2.83 bits per heavy atom. The highest BCUT2D eigenvalue weighted by atomic mass is 19.1. The van der Waals surface area contributed by atoms with Gasteiger partial charge < -0.3 is 15.0 Å². The number of amides is 1. The molecule has 4 nitrogen and oxygen atoms in total. The molecule has 1 atom stereocenters. The number of piperidine rings is 1. The molecule has 5 heteroatoms. The number of hydrogen-bond acceptors (Lipinski definition) is 3. The molecule has 0 saturated carbocycles. The SMILES string of the molecule is CC(C)(C)OC(=O)NCCCN1CCCC(F)C1. The van der Waals surface area contributed by atoms with Crippen molar-refractivity contribution >= 4 is 6.09 Å². The number of carbonyl (C=O) groups excluding carboxylic acids is 1. The summed E-state index contributed by atoms with van der Waals surface area (Å²) in [6, 6.07) is 0. The molecule has 1 heterocycles. The van der Waals surface area contributed by atoms with Crippen LogP contribution in [0.15, 0.2) is 0 Å². The van der Waals surface area contributed by atoms with Gasteiger partial charge in [0.1, 0.15) is 11.8 Å². The Balaban J connectivity index is 2.06. The predicted molar refractivity (Wildman–Crippen MR) is 69.4 cm³/mol. The van der Waals surface area contributed by atoms with Gasteiger partial charge in [0.2, 0.25) is 0 Å². The molecule has 0 aromatic carbocycles. The van der Waals surface area contributed by atoms with Crippen LogP contribution in [0, 0.1) is 0 Å². The van der Waals surface area contributed by atoms with Gasteiger partial charge in [0, 0.05) is 13.1 Å². The summed E-state index contributed by atoms with van der Waals surface area (Å²) in [5, 5.41) is 2.71. The molecule has 0 aromatic rings. The minimum atomic E-state index is -0.683. The van der Waals surface area contributed by atoms with Gasteiger partial charge in [0.15, 0.2) is 0 Å². The van der Waals surface area contributed by atoms with Crippen molar-refractivity contribution in [1.29, 1.82) is 0 Å². The van der Waals surface area contributed by atoms with E-state index in [2.05, 4.69) is 10.2 Å². The van der Waals surface area contributed by atoms with E-state index in [1.807, 2.05) is 20.8 Å². The standard InChI is InChI=1S/C13H25FN2O2/c1-13(2,3)18-12(17)15-7-5-9-16-8-4-6-11(14)10-16/h11H,4-10H2,1-3H3,(H,15,17). The van der Waals surface area contributed by atoms with Gasteiger partial charge in [-0.05, 0) is 53.1 Å². The largest absolute Gasteiger partial charge is 0.444 e. The number of alkyl halides is 1. The van der Waals surface area contributed by atoms with Gasteiger partial charge in [-0.1, -0.05) is 0 Å². The van der Waals surface area contributed by atoms with Crippen LogP contribution in [-0.4, -0.2) is 48.9 Å². The van der Waals surface area contributed by atoms with Crippen molar-refractivity contribution < 1.29 is 13.9 Å². The molecule has 1 unspecified atom stereocenters. The summed E-state index contributed by atoms with van der Waals surface area (Å²) in [4.78, 5) is 13.5. The van der Waals surface area contributed by atoms with E-state index in [0.29, 0.717) is 19.5 Å². The summed E-state index contributed by atoms with van der Waals surface area (Å²) in [7, 11) is 0. The number of ether oxygens (including phenoxy) is 1. The second-order valence-corrected chi connectivity index (χ2v) is 5.82. The van der Waals surface area contributed by atoms with Crippen LogP contribution < -0.4 is 5.32 Å². The zero-order chi connectivity index (χ0) is 13.6. The summed E-state index contributed by atoms with van der Waals surface area (Å²) in [5.74, 6) is 0. The van der Waals surface area contributed by atoms with Crippen molar-refractivity contribution in [1.82, 2.24) is 10.2 Å².